The van der Waals surface area contributed by atoms with E-state index in [0.29, 0.717) is 18.2 Å². The molecule has 82 valence electrons. The highest BCUT2D eigenvalue weighted by Crippen LogP contribution is 2.16. The van der Waals surface area contributed by atoms with Crippen LogP contribution >= 0.6 is 0 Å². The number of rotatable bonds is 2. The van der Waals surface area contributed by atoms with Crippen molar-refractivity contribution >= 4 is 16.2 Å². The van der Waals surface area contributed by atoms with Crippen molar-refractivity contribution in [3.8, 4) is 0 Å². The van der Waals surface area contributed by atoms with E-state index in [-0.39, 0.29) is 5.41 Å². The van der Waals surface area contributed by atoms with Crippen LogP contribution in [0.3, 0.4) is 0 Å². The minimum Gasteiger partial charge on any atom is -0.282 e. The van der Waals surface area contributed by atoms with Crippen LogP contribution in [0.2, 0.25) is 0 Å². The van der Waals surface area contributed by atoms with E-state index in [9.17, 15) is 21.6 Å². The van der Waals surface area contributed by atoms with Crippen molar-refractivity contribution in [1.29, 1.82) is 0 Å². The second-order valence-corrected chi connectivity index (χ2v) is 3.90. The number of benzene rings is 1. The lowest BCUT2D eigenvalue weighted by Gasteiger charge is -1.98. The molecule has 1 rings (SSSR count). The maximum atomic E-state index is 12.9. The Hall–Kier alpha value is -1.34. The summed E-state index contributed by atoms with van der Waals surface area (Å²) in [5, 5.41) is 0.201. The van der Waals surface area contributed by atoms with E-state index in [1.165, 1.54) is 0 Å². The molecule has 0 aliphatic carbocycles. The third-order valence-electron chi connectivity index (χ3n) is 1.45. The van der Waals surface area contributed by atoms with Gasteiger partial charge in [0.25, 0.3) is 10.1 Å². The Bertz CT molecular complexity index is 485. The van der Waals surface area contributed by atoms with Gasteiger partial charge in [-0.3, -0.25) is 4.55 Å². The molecule has 0 atom stereocenters. The molecule has 0 fully saturated rings. The van der Waals surface area contributed by atoms with Gasteiger partial charge in [0.1, 0.15) is 17.5 Å². The summed E-state index contributed by atoms with van der Waals surface area (Å²) in [7, 11) is -4.47. The highest BCUT2D eigenvalue weighted by molar-refractivity contribution is 7.88. The number of hydrogen-bond donors (Lipinski definition) is 1. The Morgan fingerprint density at radius 3 is 2.00 bits per heavy atom. The fourth-order valence-electron chi connectivity index (χ4n) is 0.867. The molecule has 0 bridgehead atoms. The van der Waals surface area contributed by atoms with Gasteiger partial charge in [0.15, 0.2) is 0 Å². The molecule has 0 aromatic heterocycles. The van der Waals surface area contributed by atoms with E-state index >= 15 is 0 Å². The van der Waals surface area contributed by atoms with Gasteiger partial charge >= 0.3 is 0 Å². The Morgan fingerprint density at radius 1 is 1.13 bits per heavy atom. The molecule has 0 spiro atoms. The maximum absolute atomic E-state index is 12.9. The van der Waals surface area contributed by atoms with Crippen molar-refractivity contribution in [3.63, 3.8) is 0 Å². The molecule has 0 saturated heterocycles. The van der Waals surface area contributed by atoms with Gasteiger partial charge in [0.2, 0.25) is 0 Å². The van der Waals surface area contributed by atoms with Gasteiger partial charge in [-0.2, -0.15) is 8.42 Å². The maximum Gasteiger partial charge on any atom is 0.287 e. The van der Waals surface area contributed by atoms with Crippen molar-refractivity contribution in [2.75, 3.05) is 0 Å². The quantitative estimate of drug-likeness (QED) is 0.801. The lowest BCUT2D eigenvalue weighted by molar-refractivity contribution is 0.494. The second kappa shape index (κ2) is 4.03. The first-order valence-electron chi connectivity index (χ1n) is 3.60. The smallest absolute Gasteiger partial charge is 0.282 e. The molecule has 1 aromatic rings. The van der Waals surface area contributed by atoms with Crippen LogP contribution in [0.5, 0.6) is 0 Å². The van der Waals surface area contributed by atoms with E-state index in [1.54, 1.807) is 0 Å². The third-order valence-corrected chi connectivity index (χ3v) is 1.93. The molecule has 1 N–H and O–H groups in total. The third kappa shape index (κ3) is 3.37. The summed E-state index contributed by atoms with van der Waals surface area (Å²) >= 11 is 0. The predicted octanol–water partition coefficient (Wildman–Crippen LogP) is 1.96. The van der Waals surface area contributed by atoms with Crippen molar-refractivity contribution in [1.82, 2.24) is 0 Å². The van der Waals surface area contributed by atoms with Gasteiger partial charge in [-0.25, -0.2) is 13.2 Å². The summed E-state index contributed by atoms with van der Waals surface area (Å²) in [4.78, 5) is 0. The van der Waals surface area contributed by atoms with Gasteiger partial charge in [-0.05, 0) is 6.08 Å². The molecule has 0 amide bonds. The molecular formula is C8H5F3O3S. The molecule has 0 heterocycles. The Labute approximate surface area is 83.6 Å². The average molecular weight is 238 g/mol. The van der Waals surface area contributed by atoms with Crippen LogP contribution < -0.4 is 0 Å². The summed E-state index contributed by atoms with van der Waals surface area (Å²) in [5.74, 6) is -3.63. The average Bonchev–Trinajstić information content (AvgIpc) is 1.99. The molecule has 0 radical (unpaired) electrons. The summed E-state index contributed by atoms with van der Waals surface area (Å²) in [6.07, 6.45) is 0.499. The van der Waals surface area contributed by atoms with Gasteiger partial charge in [-0.15, -0.1) is 0 Å². The van der Waals surface area contributed by atoms with Crippen molar-refractivity contribution in [3.05, 3.63) is 40.6 Å². The zero-order valence-electron chi connectivity index (χ0n) is 7.12. The summed E-state index contributed by atoms with van der Waals surface area (Å²) in [5.41, 5.74) is -0.742. The van der Waals surface area contributed by atoms with Gasteiger partial charge < -0.3 is 0 Å². The second-order valence-electron chi connectivity index (χ2n) is 2.60. The van der Waals surface area contributed by atoms with Crippen LogP contribution in [0, 0.1) is 17.5 Å². The van der Waals surface area contributed by atoms with Gasteiger partial charge in [0, 0.05) is 17.7 Å². The fourth-order valence-corrected chi connectivity index (χ4v) is 1.17. The van der Waals surface area contributed by atoms with Crippen LogP contribution in [-0.4, -0.2) is 13.0 Å². The van der Waals surface area contributed by atoms with E-state index in [1.807, 2.05) is 0 Å². The highest BCUT2D eigenvalue weighted by Gasteiger charge is 2.09. The van der Waals surface area contributed by atoms with Crippen molar-refractivity contribution in [2.24, 2.45) is 0 Å². The first-order chi connectivity index (χ1) is 6.79. The minimum absolute atomic E-state index is 0.201. The lowest BCUT2D eigenvalue weighted by Crippen LogP contribution is -1.94. The van der Waals surface area contributed by atoms with E-state index < -0.39 is 33.1 Å². The highest BCUT2D eigenvalue weighted by atomic mass is 32.2. The number of halogens is 3. The van der Waals surface area contributed by atoms with Crippen LogP contribution in [0.15, 0.2) is 17.5 Å². The standard InChI is InChI=1S/C8H5F3O3S/c9-5-3-7(10)6(8(11)4-5)1-2-15(12,13)14/h1-4H,(H,12,13,14)/b2-1+. The molecule has 0 unspecified atom stereocenters. The lowest BCUT2D eigenvalue weighted by atomic mass is 10.2. The predicted molar refractivity (Wildman–Crippen MR) is 46.9 cm³/mol. The normalized spacial score (nSPS) is 12.3. The van der Waals surface area contributed by atoms with Crippen molar-refractivity contribution < 1.29 is 26.1 Å². The Morgan fingerprint density at radius 2 is 1.60 bits per heavy atom. The van der Waals surface area contributed by atoms with E-state index in [0.717, 1.165) is 0 Å². The fraction of sp³-hybridized carbons (Fsp3) is 0. The molecule has 0 aliphatic rings. The topological polar surface area (TPSA) is 54.4 Å². The summed E-state index contributed by atoms with van der Waals surface area (Å²) in [6, 6.07) is 0.791. The molecule has 0 saturated carbocycles. The van der Waals surface area contributed by atoms with E-state index in [2.05, 4.69) is 0 Å². The minimum atomic E-state index is -4.47. The first kappa shape index (κ1) is 11.7. The zero-order chi connectivity index (χ0) is 11.6. The van der Waals surface area contributed by atoms with Crippen molar-refractivity contribution in [2.45, 2.75) is 0 Å². The number of hydrogen-bond acceptors (Lipinski definition) is 2. The van der Waals surface area contributed by atoms with Crippen LogP contribution in [0.25, 0.3) is 6.08 Å². The van der Waals surface area contributed by atoms with Gasteiger partial charge in [0.05, 0.1) is 5.41 Å². The van der Waals surface area contributed by atoms with Gasteiger partial charge in [-0.1, -0.05) is 0 Å². The Kier molecular flexibility index (Phi) is 3.15. The van der Waals surface area contributed by atoms with Crippen LogP contribution in [0.1, 0.15) is 5.56 Å². The molecular weight excluding hydrogens is 233 g/mol. The van der Waals surface area contributed by atoms with Crippen LogP contribution in [0.4, 0.5) is 13.2 Å². The largest absolute Gasteiger partial charge is 0.287 e. The Balaban J connectivity index is 3.22. The molecule has 7 heteroatoms. The summed E-state index contributed by atoms with van der Waals surface area (Å²) < 4.78 is 66.9. The zero-order valence-corrected chi connectivity index (χ0v) is 7.93. The van der Waals surface area contributed by atoms with E-state index in [4.69, 9.17) is 4.55 Å². The SMILES string of the molecule is O=S(=O)(O)/C=C/c1c(F)cc(F)cc1F. The first-order valence-corrected chi connectivity index (χ1v) is 5.10. The molecule has 3 nitrogen and oxygen atoms in total. The summed E-state index contributed by atoms with van der Waals surface area (Å²) in [6.45, 7) is 0. The van der Waals surface area contributed by atoms with Crippen LogP contribution in [-0.2, 0) is 10.1 Å². The monoisotopic (exact) mass is 238 g/mol. The molecule has 0 aliphatic heterocycles. The molecule has 15 heavy (non-hydrogen) atoms. The molecule has 1 aromatic carbocycles.